The van der Waals surface area contributed by atoms with Gasteiger partial charge in [0.25, 0.3) is 0 Å². The second kappa shape index (κ2) is 6.75. The first-order valence-electron chi connectivity index (χ1n) is 5.27. The molecule has 0 saturated carbocycles. The van der Waals surface area contributed by atoms with E-state index in [2.05, 4.69) is 36.7 Å². The van der Waals surface area contributed by atoms with Gasteiger partial charge in [-0.1, -0.05) is 12.1 Å². The zero-order valence-electron chi connectivity index (χ0n) is 9.44. The third-order valence-corrected chi connectivity index (χ3v) is 2.74. The number of nitrogens with zero attached hydrogens (tertiary/aromatic N) is 1. The van der Waals surface area contributed by atoms with Crippen molar-refractivity contribution in [2.24, 2.45) is 0 Å². The molecule has 0 unspecified atom stereocenters. The van der Waals surface area contributed by atoms with E-state index in [0.717, 1.165) is 31.2 Å². The highest BCUT2D eigenvalue weighted by Crippen LogP contribution is 2.12. The third-order valence-electron chi connectivity index (χ3n) is 2.26. The molecular formula is C12H19NOS. The smallest absolute Gasteiger partial charge is 0.119 e. The first-order chi connectivity index (χ1) is 7.26. The molecule has 0 aliphatic heterocycles. The highest BCUT2D eigenvalue weighted by molar-refractivity contribution is 7.80. The normalized spacial score (nSPS) is 10.7. The Morgan fingerprint density at radius 3 is 2.47 bits per heavy atom. The van der Waals surface area contributed by atoms with Crippen LogP contribution >= 0.6 is 12.6 Å². The molecule has 0 aliphatic carbocycles. The molecule has 0 fully saturated rings. The quantitative estimate of drug-likeness (QED) is 0.590. The molecule has 2 nitrogen and oxygen atoms in total. The SMILES string of the molecule is CCOc1ccc(CCN(C)CS)cc1. The van der Waals surface area contributed by atoms with Crippen molar-refractivity contribution in [3.63, 3.8) is 0 Å². The summed E-state index contributed by atoms with van der Waals surface area (Å²) >= 11 is 4.21. The summed E-state index contributed by atoms with van der Waals surface area (Å²) in [6.45, 7) is 3.76. The van der Waals surface area contributed by atoms with E-state index in [1.807, 2.05) is 19.1 Å². The maximum Gasteiger partial charge on any atom is 0.119 e. The first-order valence-corrected chi connectivity index (χ1v) is 5.90. The number of rotatable bonds is 6. The van der Waals surface area contributed by atoms with Gasteiger partial charge in [-0.05, 0) is 38.1 Å². The van der Waals surface area contributed by atoms with Crippen LogP contribution in [0.3, 0.4) is 0 Å². The van der Waals surface area contributed by atoms with E-state index in [-0.39, 0.29) is 0 Å². The van der Waals surface area contributed by atoms with Gasteiger partial charge in [0.15, 0.2) is 0 Å². The van der Waals surface area contributed by atoms with Crippen molar-refractivity contribution in [1.29, 1.82) is 0 Å². The lowest BCUT2D eigenvalue weighted by Gasteiger charge is -2.12. The van der Waals surface area contributed by atoms with Gasteiger partial charge >= 0.3 is 0 Å². The van der Waals surface area contributed by atoms with E-state index in [4.69, 9.17) is 4.74 Å². The average molecular weight is 225 g/mol. The monoisotopic (exact) mass is 225 g/mol. The third kappa shape index (κ3) is 4.58. The molecule has 0 radical (unpaired) electrons. The molecular weight excluding hydrogens is 206 g/mol. The van der Waals surface area contributed by atoms with Gasteiger partial charge in [0, 0.05) is 12.4 Å². The Balaban J connectivity index is 2.42. The lowest BCUT2D eigenvalue weighted by Crippen LogP contribution is -2.19. The Morgan fingerprint density at radius 2 is 1.93 bits per heavy atom. The van der Waals surface area contributed by atoms with Crippen LogP contribution in [0, 0.1) is 0 Å². The largest absolute Gasteiger partial charge is 0.494 e. The zero-order chi connectivity index (χ0) is 11.1. The molecule has 0 atom stereocenters. The summed E-state index contributed by atoms with van der Waals surface area (Å²) in [6.07, 6.45) is 1.06. The summed E-state index contributed by atoms with van der Waals surface area (Å²) in [5.74, 6) is 1.75. The van der Waals surface area contributed by atoms with Gasteiger partial charge < -0.3 is 4.74 Å². The maximum atomic E-state index is 5.38. The Bertz CT molecular complexity index is 273. The number of benzene rings is 1. The van der Waals surface area contributed by atoms with Crippen LogP contribution in [0.25, 0.3) is 0 Å². The van der Waals surface area contributed by atoms with Crippen LogP contribution in [-0.2, 0) is 6.42 Å². The van der Waals surface area contributed by atoms with E-state index in [1.165, 1.54) is 5.56 Å². The molecule has 0 aromatic heterocycles. The molecule has 0 aliphatic rings. The predicted molar refractivity (Wildman–Crippen MR) is 67.8 cm³/mol. The minimum atomic E-state index is 0.724. The van der Waals surface area contributed by atoms with Crippen molar-refractivity contribution in [3.05, 3.63) is 29.8 Å². The van der Waals surface area contributed by atoms with Crippen molar-refractivity contribution in [2.75, 3.05) is 26.1 Å². The molecule has 15 heavy (non-hydrogen) atoms. The second-order valence-corrected chi connectivity index (χ2v) is 3.83. The molecule has 0 spiro atoms. The van der Waals surface area contributed by atoms with Crippen LogP contribution in [0.5, 0.6) is 5.75 Å². The predicted octanol–water partition coefficient (Wildman–Crippen LogP) is 2.45. The fourth-order valence-electron chi connectivity index (χ4n) is 1.31. The number of ether oxygens (including phenoxy) is 1. The van der Waals surface area contributed by atoms with Crippen molar-refractivity contribution >= 4 is 12.6 Å². The van der Waals surface area contributed by atoms with Crippen LogP contribution < -0.4 is 4.74 Å². The van der Waals surface area contributed by atoms with E-state index in [9.17, 15) is 0 Å². The molecule has 0 heterocycles. The molecule has 3 heteroatoms. The summed E-state index contributed by atoms with van der Waals surface area (Å²) in [5, 5.41) is 0. The second-order valence-electron chi connectivity index (χ2n) is 3.55. The molecule has 84 valence electrons. The molecule has 1 rings (SSSR count). The highest BCUT2D eigenvalue weighted by atomic mass is 32.1. The molecule has 1 aromatic carbocycles. The van der Waals surface area contributed by atoms with Gasteiger partial charge in [0.05, 0.1) is 6.61 Å². The minimum Gasteiger partial charge on any atom is -0.494 e. The summed E-state index contributed by atoms with van der Waals surface area (Å²) < 4.78 is 5.38. The minimum absolute atomic E-state index is 0.724. The molecule has 0 bridgehead atoms. The average Bonchev–Trinajstić information content (AvgIpc) is 2.28. The van der Waals surface area contributed by atoms with Crippen LogP contribution in [-0.4, -0.2) is 31.0 Å². The highest BCUT2D eigenvalue weighted by Gasteiger charge is 1.98. The Labute approximate surface area is 97.6 Å². The van der Waals surface area contributed by atoms with Gasteiger partial charge in [-0.2, -0.15) is 12.6 Å². The lowest BCUT2D eigenvalue weighted by atomic mass is 10.1. The van der Waals surface area contributed by atoms with Crippen molar-refractivity contribution < 1.29 is 4.74 Å². The molecule has 1 aromatic rings. The Morgan fingerprint density at radius 1 is 1.27 bits per heavy atom. The number of hydrogen-bond acceptors (Lipinski definition) is 3. The van der Waals surface area contributed by atoms with Crippen LogP contribution in [0.4, 0.5) is 0 Å². The summed E-state index contributed by atoms with van der Waals surface area (Å²) in [5.41, 5.74) is 1.34. The van der Waals surface area contributed by atoms with Crippen LogP contribution in [0.1, 0.15) is 12.5 Å². The first kappa shape index (κ1) is 12.4. The lowest BCUT2D eigenvalue weighted by molar-refractivity contribution is 0.340. The summed E-state index contributed by atoms with van der Waals surface area (Å²) in [4.78, 5) is 2.18. The molecule has 0 N–H and O–H groups in total. The van der Waals surface area contributed by atoms with Crippen molar-refractivity contribution in [2.45, 2.75) is 13.3 Å². The fourth-order valence-corrected chi connectivity index (χ4v) is 1.45. The topological polar surface area (TPSA) is 12.5 Å². The van der Waals surface area contributed by atoms with Crippen molar-refractivity contribution in [3.8, 4) is 5.75 Å². The fraction of sp³-hybridized carbons (Fsp3) is 0.500. The van der Waals surface area contributed by atoms with Gasteiger partial charge in [0.2, 0.25) is 0 Å². The maximum absolute atomic E-state index is 5.38. The van der Waals surface area contributed by atoms with Crippen LogP contribution in [0.2, 0.25) is 0 Å². The van der Waals surface area contributed by atoms with Gasteiger partial charge in [-0.15, -0.1) is 0 Å². The standard InChI is InChI=1S/C12H19NOS/c1-3-14-12-6-4-11(5-7-12)8-9-13(2)10-15/h4-7,15H,3,8-10H2,1-2H3. The number of thiol groups is 1. The summed E-state index contributed by atoms with van der Waals surface area (Å²) in [7, 11) is 2.07. The molecule has 0 amide bonds. The van der Waals surface area contributed by atoms with Gasteiger partial charge in [-0.25, -0.2) is 0 Å². The van der Waals surface area contributed by atoms with Crippen molar-refractivity contribution in [1.82, 2.24) is 4.90 Å². The van der Waals surface area contributed by atoms with Crippen LogP contribution in [0.15, 0.2) is 24.3 Å². The zero-order valence-corrected chi connectivity index (χ0v) is 10.3. The van der Waals surface area contributed by atoms with Gasteiger partial charge in [0.1, 0.15) is 5.75 Å². The van der Waals surface area contributed by atoms with Gasteiger partial charge in [-0.3, -0.25) is 4.90 Å². The molecule has 0 saturated heterocycles. The Kier molecular flexibility index (Phi) is 5.58. The summed E-state index contributed by atoms with van der Waals surface area (Å²) in [6, 6.07) is 8.30. The van der Waals surface area contributed by atoms with E-state index >= 15 is 0 Å². The number of likely N-dealkylation sites (N-methyl/N-ethyl adjacent to an activating group) is 1. The van der Waals surface area contributed by atoms with E-state index < -0.39 is 0 Å². The Hall–Kier alpha value is -0.670. The van der Waals surface area contributed by atoms with E-state index in [0.29, 0.717) is 0 Å². The van der Waals surface area contributed by atoms with E-state index in [1.54, 1.807) is 0 Å². The number of hydrogen-bond donors (Lipinski definition) is 1.